The van der Waals surface area contributed by atoms with E-state index in [-0.39, 0.29) is 18.3 Å². The number of rotatable bonds is 4. The van der Waals surface area contributed by atoms with E-state index in [9.17, 15) is 18.0 Å². The number of hydrogen-bond donors (Lipinski definition) is 2. The van der Waals surface area contributed by atoms with Crippen LogP contribution in [0.5, 0.6) is 0 Å². The first-order valence-electron chi connectivity index (χ1n) is 6.04. The van der Waals surface area contributed by atoms with Crippen molar-refractivity contribution < 1.29 is 18.0 Å². The van der Waals surface area contributed by atoms with Gasteiger partial charge in [-0.05, 0) is 13.8 Å². The number of carbonyl (C=O) groups excluding carboxylic acids is 1. The molecule has 0 unspecified atom stereocenters. The molecule has 1 atom stereocenters. The molecular formula is C11H13F3N6O. The zero-order valence-electron chi connectivity index (χ0n) is 11.3. The van der Waals surface area contributed by atoms with Gasteiger partial charge in [-0.2, -0.15) is 13.2 Å². The average Bonchev–Trinajstić information content (AvgIpc) is 3.03. The van der Waals surface area contributed by atoms with Crippen molar-refractivity contribution in [2.45, 2.75) is 32.6 Å². The molecule has 114 valence electrons. The van der Waals surface area contributed by atoms with Crippen LogP contribution in [0.1, 0.15) is 30.4 Å². The molecule has 10 heteroatoms. The molecule has 2 aromatic rings. The van der Waals surface area contributed by atoms with Gasteiger partial charge in [-0.3, -0.25) is 9.89 Å². The Kier molecular flexibility index (Phi) is 3.96. The molecule has 0 aromatic carbocycles. The van der Waals surface area contributed by atoms with Crippen molar-refractivity contribution in [2.24, 2.45) is 0 Å². The molecule has 0 aliphatic rings. The van der Waals surface area contributed by atoms with E-state index in [1.165, 1.54) is 0 Å². The van der Waals surface area contributed by atoms with Crippen LogP contribution in [0, 0.1) is 6.92 Å². The summed E-state index contributed by atoms with van der Waals surface area (Å²) in [6.45, 7) is 3.24. The van der Waals surface area contributed by atoms with E-state index < -0.39 is 18.0 Å². The van der Waals surface area contributed by atoms with Crippen LogP contribution in [0.4, 0.5) is 13.2 Å². The molecule has 0 aliphatic carbocycles. The predicted octanol–water partition coefficient (Wildman–Crippen LogP) is 1.21. The van der Waals surface area contributed by atoms with Crippen LogP contribution in [0.25, 0.3) is 0 Å². The predicted molar refractivity (Wildman–Crippen MR) is 64.9 cm³/mol. The maximum absolute atomic E-state index is 12.3. The fraction of sp³-hybridized carbons (Fsp3) is 0.455. The Labute approximate surface area is 117 Å². The van der Waals surface area contributed by atoms with Crippen molar-refractivity contribution in [2.75, 3.05) is 0 Å². The molecule has 0 fully saturated rings. The van der Waals surface area contributed by atoms with Gasteiger partial charge in [0.05, 0.1) is 6.54 Å². The minimum atomic E-state index is -4.61. The van der Waals surface area contributed by atoms with Crippen LogP contribution in [0.2, 0.25) is 0 Å². The van der Waals surface area contributed by atoms with Crippen molar-refractivity contribution in [3.8, 4) is 0 Å². The lowest BCUT2D eigenvalue weighted by Gasteiger charge is -2.14. The molecule has 2 aromatic heterocycles. The SMILES string of the molecule is Cc1nccn1[C@@H](C)C(=O)NCc1nc(C(F)(F)F)n[nH]1. The third-order valence-corrected chi connectivity index (χ3v) is 2.87. The minimum absolute atomic E-state index is 0.0646. The van der Waals surface area contributed by atoms with Crippen molar-refractivity contribution in [3.63, 3.8) is 0 Å². The average molecular weight is 302 g/mol. The topological polar surface area (TPSA) is 88.5 Å². The molecule has 7 nitrogen and oxygen atoms in total. The second-order valence-corrected chi connectivity index (χ2v) is 4.38. The van der Waals surface area contributed by atoms with Gasteiger partial charge in [0, 0.05) is 12.4 Å². The van der Waals surface area contributed by atoms with E-state index in [1.807, 2.05) is 0 Å². The Morgan fingerprint density at radius 2 is 2.24 bits per heavy atom. The molecular weight excluding hydrogens is 289 g/mol. The van der Waals surface area contributed by atoms with Gasteiger partial charge in [0.1, 0.15) is 17.7 Å². The fourth-order valence-corrected chi connectivity index (χ4v) is 1.74. The van der Waals surface area contributed by atoms with Gasteiger partial charge >= 0.3 is 6.18 Å². The summed E-state index contributed by atoms with van der Waals surface area (Å²) >= 11 is 0. The van der Waals surface area contributed by atoms with E-state index >= 15 is 0 Å². The first-order chi connectivity index (χ1) is 9.79. The summed E-state index contributed by atoms with van der Waals surface area (Å²) < 4.78 is 38.6. The summed E-state index contributed by atoms with van der Waals surface area (Å²) in [5.74, 6) is -1.02. The van der Waals surface area contributed by atoms with Crippen LogP contribution in [0.3, 0.4) is 0 Å². The summed E-state index contributed by atoms with van der Waals surface area (Å²) in [7, 11) is 0. The summed E-state index contributed by atoms with van der Waals surface area (Å²) in [4.78, 5) is 19.2. The second-order valence-electron chi connectivity index (χ2n) is 4.38. The molecule has 0 aliphatic heterocycles. The normalized spacial score (nSPS) is 13.2. The molecule has 0 radical (unpaired) electrons. The molecule has 1 amide bonds. The zero-order chi connectivity index (χ0) is 15.6. The molecule has 2 N–H and O–H groups in total. The maximum atomic E-state index is 12.3. The third-order valence-electron chi connectivity index (χ3n) is 2.87. The van der Waals surface area contributed by atoms with E-state index in [0.29, 0.717) is 5.82 Å². The highest BCUT2D eigenvalue weighted by atomic mass is 19.4. The van der Waals surface area contributed by atoms with E-state index in [2.05, 4.69) is 25.5 Å². The number of H-pyrrole nitrogens is 1. The van der Waals surface area contributed by atoms with Gasteiger partial charge < -0.3 is 9.88 Å². The van der Waals surface area contributed by atoms with Gasteiger partial charge in [-0.15, -0.1) is 5.10 Å². The highest BCUT2D eigenvalue weighted by molar-refractivity contribution is 5.79. The Hall–Kier alpha value is -2.39. The van der Waals surface area contributed by atoms with Crippen LogP contribution < -0.4 is 5.32 Å². The smallest absolute Gasteiger partial charge is 0.347 e. The lowest BCUT2D eigenvalue weighted by molar-refractivity contribution is -0.144. The fourth-order valence-electron chi connectivity index (χ4n) is 1.74. The maximum Gasteiger partial charge on any atom is 0.453 e. The lowest BCUT2D eigenvalue weighted by atomic mass is 10.3. The quantitative estimate of drug-likeness (QED) is 0.888. The largest absolute Gasteiger partial charge is 0.453 e. The number of aryl methyl sites for hydroxylation is 1. The summed E-state index contributed by atoms with van der Waals surface area (Å²) in [5, 5.41) is 7.67. The molecule has 2 rings (SSSR count). The standard InChI is InChI=1S/C11H13F3N6O/c1-6(20-4-3-15-7(20)2)9(21)16-5-8-17-10(19-18-8)11(12,13)14/h3-4,6H,5H2,1-2H3,(H,16,21)(H,17,18,19)/t6-/m0/s1. The van der Waals surface area contributed by atoms with Gasteiger partial charge in [0.15, 0.2) is 0 Å². The number of nitrogens with one attached hydrogen (secondary N) is 2. The molecule has 2 heterocycles. The van der Waals surface area contributed by atoms with Crippen molar-refractivity contribution in [1.29, 1.82) is 0 Å². The first-order valence-corrected chi connectivity index (χ1v) is 6.04. The Morgan fingerprint density at radius 1 is 1.52 bits per heavy atom. The summed E-state index contributed by atoms with van der Waals surface area (Å²) in [5.41, 5.74) is 0. The van der Waals surface area contributed by atoms with Crippen LogP contribution in [-0.4, -0.2) is 30.6 Å². The Balaban J connectivity index is 1.95. The van der Waals surface area contributed by atoms with Gasteiger partial charge in [-0.25, -0.2) is 9.97 Å². The molecule has 21 heavy (non-hydrogen) atoms. The number of carbonyl (C=O) groups is 1. The van der Waals surface area contributed by atoms with Crippen molar-refractivity contribution >= 4 is 5.91 Å². The molecule has 0 saturated carbocycles. The molecule has 0 bridgehead atoms. The number of aromatic amines is 1. The highest BCUT2D eigenvalue weighted by Gasteiger charge is 2.36. The van der Waals surface area contributed by atoms with E-state index in [1.54, 1.807) is 30.8 Å². The van der Waals surface area contributed by atoms with Crippen LogP contribution in [-0.2, 0) is 17.5 Å². The highest BCUT2D eigenvalue weighted by Crippen LogP contribution is 2.25. The minimum Gasteiger partial charge on any atom is -0.347 e. The van der Waals surface area contributed by atoms with Crippen molar-refractivity contribution in [1.82, 2.24) is 30.0 Å². The van der Waals surface area contributed by atoms with E-state index in [0.717, 1.165) is 0 Å². The summed E-state index contributed by atoms with van der Waals surface area (Å²) in [6.07, 6.45) is -1.40. The van der Waals surface area contributed by atoms with Crippen LogP contribution >= 0.6 is 0 Å². The van der Waals surface area contributed by atoms with Gasteiger partial charge in [0.2, 0.25) is 5.91 Å². The first kappa shape index (κ1) is 15.0. The van der Waals surface area contributed by atoms with Crippen LogP contribution in [0.15, 0.2) is 12.4 Å². The third kappa shape index (κ3) is 3.38. The monoisotopic (exact) mass is 302 g/mol. The van der Waals surface area contributed by atoms with E-state index in [4.69, 9.17) is 0 Å². The molecule has 0 spiro atoms. The Bertz CT molecular complexity index is 632. The number of halogens is 3. The van der Waals surface area contributed by atoms with Gasteiger partial charge in [-0.1, -0.05) is 0 Å². The molecule has 0 saturated heterocycles. The Morgan fingerprint density at radius 3 is 2.76 bits per heavy atom. The number of amides is 1. The zero-order valence-corrected chi connectivity index (χ0v) is 11.3. The second kappa shape index (κ2) is 5.54. The number of alkyl halides is 3. The lowest BCUT2D eigenvalue weighted by Crippen LogP contribution is -2.31. The number of hydrogen-bond acceptors (Lipinski definition) is 4. The van der Waals surface area contributed by atoms with Crippen molar-refractivity contribution in [3.05, 3.63) is 29.9 Å². The number of imidazole rings is 1. The number of aromatic nitrogens is 5. The summed E-state index contributed by atoms with van der Waals surface area (Å²) in [6, 6.07) is -0.530. The number of nitrogens with zero attached hydrogens (tertiary/aromatic N) is 4. The van der Waals surface area contributed by atoms with Gasteiger partial charge in [0.25, 0.3) is 5.82 Å².